The zero-order valence-electron chi connectivity index (χ0n) is 13.2. The molecule has 0 aliphatic heterocycles. The van der Waals surface area contributed by atoms with E-state index in [1.165, 1.54) is 14.0 Å². The lowest BCUT2D eigenvalue weighted by molar-refractivity contribution is -0.147. The minimum Gasteiger partial charge on any atom is -0.469 e. The van der Waals surface area contributed by atoms with E-state index < -0.39 is 0 Å². The molecule has 0 saturated heterocycles. The predicted molar refractivity (Wildman–Crippen MR) is 79.3 cm³/mol. The van der Waals surface area contributed by atoms with E-state index in [1.807, 2.05) is 6.92 Å². The van der Waals surface area contributed by atoms with Crippen molar-refractivity contribution >= 4 is 11.9 Å². The number of ether oxygens (including phenoxy) is 2. The Balaban J connectivity index is 3.56. The molecule has 0 heterocycles. The normalized spacial score (nSPS) is 14.0. The molecule has 0 fully saturated rings. The molecule has 4 nitrogen and oxygen atoms in total. The summed E-state index contributed by atoms with van der Waals surface area (Å²) in [4.78, 5) is 21.7. The first-order chi connectivity index (χ1) is 9.47. The summed E-state index contributed by atoms with van der Waals surface area (Å²) in [5, 5.41) is 0. The molecule has 4 heteroatoms. The third kappa shape index (κ3) is 10.6. The van der Waals surface area contributed by atoms with Crippen LogP contribution in [0, 0.1) is 5.92 Å². The van der Waals surface area contributed by atoms with Crippen LogP contribution < -0.4 is 0 Å². The van der Waals surface area contributed by atoms with E-state index in [0.29, 0.717) is 12.3 Å². The highest BCUT2D eigenvalue weighted by Crippen LogP contribution is 2.13. The number of carbonyl (C=O) groups excluding carboxylic acids is 2. The lowest BCUT2D eigenvalue weighted by Crippen LogP contribution is -2.20. The van der Waals surface area contributed by atoms with Gasteiger partial charge in [-0.15, -0.1) is 0 Å². The third-order valence-corrected chi connectivity index (χ3v) is 3.31. The number of allylic oxidation sites excluding steroid dienone is 2. The van der Waals surface area contributed by atoms with Gasteiger partial charge in [0.25, 0.3) is 0 Å². The minimum absolute atomic E-state index is 0.0443. The minimum atomic E-state index is -0.223. The molecule has 0 aromatic carbocycles. The van der Waals surface area contributed by atoms with Crippen molar-refractivity contribution in [3.05, 3.63) is 12.2 Å². The maximum atomic E-state index is 10.9. The summed E-state index contributed by atoms with van der Waals surface area (Å²) in [6.07, 6.45) is 9.72. The molecule has 0 radical (unpaired) electrons. The molecule has 0 rings (SSSR count). The molecule has 0 aromatic heterocycles. The van der Waals surface area contributed by atoms with E-state index in [4.69, 9.17) is 4.74 Å². The second-order valence-electron chi connectivity index (χ2n) is 5.17. The van der Waals surface area contributed by atoms with Crippen molar-refractivity contribution in [1.82, 2.24) is 0 Å². The van der Waals surface area contributed by atoms with E-state index in [2.05, 4.69) is 23.8 Å². The lowest BCUT2D eigenvalue weighted by Gasteiger charge is -2.17. The van der Waals surface area contributed by atoms with Crippen LogP contribution in [0.3, 0.4) is 0 Å². The van der Waals surface area contributed by atoms with Gasteiger partial charge in [-0.05, 0) is 38.5 Å². The number of rotatable bonds is 10. The molecule has 0 amide bonds. The van der Waals surface area contributed by atoms with Crippen LogP contribution in [0.15, 0.2) is 12.2 Å². The van der Waals surface area contributed by atoms with E-state index in [9.17, 15) is 9.59 Å². The summed E-state index contributed by atoms with van der Waals surface area (Å²) < 4.78 is 9.72. The average Bonchev–Trinajstić information content (AvgIpc) is 2.40. The van der Waals surface area contributed by atoms with Crippen LogP contribution in [0.5, 0.6) is 0 Å². The summed E-state index contributed by atoms with van der Waals surface area (Å²) in [5.41, 5.74) is 0. The zero-order valence-corrected chi connectivity index (χ0v) is 13.2. The first kappa shape index (κ1) is 18.7. The van der Waals surface area contributed by atoms with Gasteiger partial charge in [0.2, 0.25) is 0 Å². The van der Waals surface area contributed by atoms with Crippen LogP contribution in [0.2, 0.25) is 0 Å². The fourth-order valence-electron chi connectivity index (χ4n) is 1.81. The predicted octanol–water partition coefficient (Wildman–Crippen LogP) is 3.64. The van der Waals surface area contributed by atoms with Crippen LogP contribution in [0.1, 0.15) is 59.3 Å². The van der Waals surface area contributed by atoms with Gasteiger partial charge in [-0.25, -0.2) is 0 Å². The molecule has 0 aromatic rings. The van der Waals surface area contributed by atoms with Crippen molar-refractivity contribution in [3.63, 3.8) is 0 Å². The second-order valence-corrected chi connectivity index (χ2v) is 5.17. The number of methoxy groups -OCH3 is 1. The topological polar surface area (TPSA) is 52.6 Å². The van der Waals surface area contributed by atoms with Crippen LogP contribution in [0.4, 0.5) is 0 Å². The van der Waals surface area contributed by atoms with Crippen molar-refractivity contribution in [1.29, 1.82) is 0 Å². The van der Waals surface area contributed by atoms with Gasteiger partial charge in [0.15, 0.2) is 0 Å². The number of carbonyl (C=O) groups is 2. The fourth-order valence-corrected chi connectivity index (χ4v) is 1.81. The quantitative estimate of drug-likeness (QED) is 0.349. The maximum Gasteiger partial charge on any atom is 0.305 e. The van der Waals surface area contributed by atoms with Gasteiger partial charge >= 0.3 is 11.9 Å². The molecule has 0 spiro atoms. The Morgan fingerprint density at radius 1 is 1.10 bits per heavy atom. The Hall–Kier alpha value is -1.32. The van der Waals surface area contributed by atoms with Gasteiger partial charge in [-0.1, -0.05) is 25.5 Å². The van der Waals surface area contributed by atoms with E-state index in [-0.39, 0.29) is 18.0 Å². The van der Waals surface area contributed by atoms with Crippen molar-refractivity contribution in [2.24, 2.45) is 5.92 Å². The van der Waals surface area contributed by atoms with Crippen molar-refractivity contribution < 1.29 is 19.1 Å². The van der Waals surface area contributed by atoms with Gasteiger partial charge in [-0.3, -0.25) is 9.59 Å². The first-order valence-electron chi connectivity index (χ1n) is 7.36. The van der Waals surface area contributed by atoms with Crippen molar-refractivity contribution in [3.8, 4) is 0 Å². The number of hydrogen-bond acceptors (Lipinski definition) is 4. The van der Waals surface area contributed by atoms with Crippen LogP contribution in [-0.2, 0) is 19.1 Å². The Morgan fingerprint density at radius 2 is 1.80 bits per heavy atom. The third-order valence-electron chi connectivity index (χ3n) is 3.31. The van der Waals surface area contributed by atoms with Crippen LogP contribution >= 0.6 is 0 Å². The molecule has 2 unspecified atom stereocenters. The largest absolute Gasteiger partial charge is 0.469 e. The van der Waals surface area contributed by atoms with Gasteiger partial charge < -0.3 is 9.47 Å². The average molecular weight is 284 g/mol. The van der Waals surface area contributed by atoms with E-state index in [1.54, 1.807) is 0 Å². The van der Waals surface area contributed by atoms with Gasteiger partial charge in [0.05, 0.1) is 7.11 Å². The monoisotopic (exact) mass is 284 g/mol. The Bertz CT molecular complexity index is 310. The molecule has 0 aliphatic rings. The summed E-state index contributed by atoms with van der Waals surface area (Å²) in [6, 6.07) is 0. The second kappa shape index (κ2) is 11.5. The van der Waals surface area contributed by atoms with E-state index >= 15 is 0 Å². The summed E-state index contributed by atoms with van der Waals surface area (Å²) >= 11 is 0. The summed E-state index contributed by atoms with van der Waals surface area (Å²) in [7, 11) is 1.42. The molecule has 2 atom stereocenters. The first-order valence-corrected chi connectivity index (χ1v) is 7.36. The smallest absolute Gasteiger partial charge is 0.305 e. The highest BCUT2D eigenvalue weighted by molar-refractivity contribution is 5.68. The Morgan fingerprint density at radius 3 is 2.40 bits per heavy atom. The van der Waals surface area contributed by atoms with Gasteiger partial charge in [-0.2, -0.15) is 0 Å². The molecule has 0 aliphatic carbocycles. The van der Waals surface area contributed by atoms with Crippen molar-refractivity contribution in [2.75, 3.05) is 7.11 Å². The number of hydrogen-bond donors (Lipinski definition) is 0. The highest BCUT2D eigenvalue weighted by Gasteiger charge is 2.12. The number of unbranched alkanes of at least 4 members (excludes halogenated alkanes) is 3. The van der Waals surface area contributed by atoms with Gasteiger partial charge in [0, 0.05) is 13.3 Å². The molecule has 0 saturated carbocycles. The number of esters is 2. The zero-order chi connectivity index (χ0) is 15.4. The molecule has 0 N–H and O–H groups in total. The highest BCUT2D eigenvalue weighted by atomic mass is 16.5. The lowest BCUT2D eigenvalue weighted by atomic mass is 10.0. The Kier molecular flexibility index (Phi) is 10.7. The standard InChI is InChI=1S/C16H28O4/c1-13(14(2)20-15(3)17)11-9-7-5-6-8-10-12-16(18)19-4/h7,9,13-14H,5-6,8,10-12H2,1-4H3. The maximum absolute atomic E-state index is 10.9. The van der Waals surface area contributed by atoms with E-state index in [0.717, 1.165) is 32.1 Å². The van der Waals surface area contributed by atoms with Crippen LogP contribution in [0.25, 0.3) is 0 Å². The summed E-state index contributed by atoms with van der Waals surface area (Å²) in [5.74, 6) is -0.0257. The molecule has 20 heavy (non-hydrogen) atoms. The molecule has 0 bridgehead atoms. The Labute approximate surface area is 122 Å². The summed E-state index contributed by atoms with van der Waals surface area (Å²) in [6.45, 7) is 5.44. The fraction of sp³-hybridized carbons (Fsp3) is 0.750. The van der Waals surface area contributed by atoms with Gasteiger partial charge in [0.1, 0.15) is 6.10 Å². The molecular formula is C16H28O4. The molecular weight excluding hydrogens is 256 g/mol. The van der Waals surface area contributed by atoms with Crippen molar-refractivity contribution in [2.45, 2.75) is 65.4 Å². The SMILES string of the molecule is COC(=O)CCCCCC=CCC(C)C(C)OC(C)=O. The van der Waals surface area contributed by atoms with Crippen LogP contribution in [-0.4, -0.2) is 25.2 Å². The molecule has 116 valence electrons.